The van der Waals surface area contributed by atoms with Crippen LogP contribution >= 0.6 is 0 Å². The van der Waals surface area contributed by atoms with Crippen molar-refractivity contribution in [3.8, 4) is 5.75 Å². The van der Waals surface area contributed by atoms with E-state index in [1.807, 2.05) is 0 Å². The molecule has 0 spiro atoms. The molecule has 0 saturated carbocycles. The molecule has 0 aliphatic carbocycles. The first-order valence-electron chi connectivity index (χ1n) is 6.23. The molecule has 0 bridgehead atoms. The molecule has 2 N–H and O–H groups in total. The predicted octanol–water partition coefficient (Wildman–Crippen LogP) is 2.09. The van der Waals surface area contributed by atoms with Crippen LogP contribution in [0.5, 0.6) is 5.75 Å². The predicted molar refractivity (Wildman–Crippen MR) is 65.8 cm³/mol. The van der Waals surface area contributed by atoms with Gasteiger partial charge in [-0.15, -0.1) is 13.2 Å². The summed E-state index contributed by atoms with van der Waals surface area (Å²) in [4.78, 5) is 10.9. The van der Waals surface area contributed by atoms with Gasteiger partial charge in [-0.05, 0) is 24.6 Å². The van der Waals surface area contributed by atoms with Gasteiger partial charge in [0, 0.05) is 6.54 Å². The van der Waals surface area contributed by atoms with Crippen LogP contribution < -0.4 is 10.1 Å². The van der Waals surface area contributed by atoms with Gasteiger partial charge in [-0.1, -0.05) is 12.1 Å². The fraction of sp³-hybridized carbons (Fsp3) is 0.462. The topological polar surface area (TPSA) is 67.8 Å². The zero-order chi connectivity index (χ0) is 15.6. The molecule has 1 aliphatic rings. The summed E-state index contributed by atoms with van der Waals surface area (Å²) < 4.78 is 45.5. The summed E-state index contributed by atoms with van der Waals surface area (Å²) in [5, 5.41) is 11.8. The van der Waals surface area contributed by atoms with E-state index in [0.29, 0.717) is 5.56 Å². The number of nitrogens with one attached hydrogen (secondary N) is 1. The van der Waals surface area contributed by atoms with Gasteiger partial charge in [-0.3, -0.25) is 10.1 Å². The lowest BCUT2D eigenvalue weighted by Gasteiger charge is -2.33. The maximum absolute atomic E-state index is 12.1. The van der Waals surface area contributed by atoms with E-state index in [1.54, 1.807) is 6.92 Å². The van der Waals surface area contributed by atoms with E-state index in [1.165, 1.54) is 24.3 Å². The molecule has 1 fully saturated rings. The summed E-state index contributed by atoms with van der Waals surface area (Å²) in [6, 6.07) is 4.51. The Kier molecular flexibility index (Phi) is 4.38. The van der Waals surface area contributed by atoms with Gasteiger partial charge in [0.2, 0.25) is 0 Å². The molecule has 1 aromatic carbocycles. The Balaban J connectivity index is 2.02. The number of rotatable bonds is 3. The molecule has 3 atom stereocenters. The molecule has 1 aromatic rings. The minimum Gasteiger partial charge on any atom is -0.480 e. The van der Waals surface area contributed by atoms with Crippen LogP contribution in [0, 0.1) is 0 Å². The summed E-state index contributed by atoms with van der Waals surface area (Å²) in [6.45, 7) is 1.89. The lowest BCUT2D eigenvalue weighted by atomic mass is 10.0. The van der Waals surface area contributed by atoms with E-state index >= 15 is 0 Å². The molecule has 5 nitrogen and oxygen atoms in total. The molecule has 1 saturated heterocycles. The van der Waals surface area contributed by atoms with Crippen molar-refractivity contribution in [1.82, 2.24) is 5.32 Å². The summed E-state index contributed by atoms with van der Waals surface area (Å²) in [7, 11) is 0. The van der Waals surface area contributed by atoms with Gasteiger partial charge in [0.25, 0.3) is 0 Å². The Morgan fingerprint density at radius 2 is 2.00 bits per heavy atom. The molecular formula is C13H14F3NO4. The lowest BCUT2D eigenvalue weighted by Crippen LogP contribution is -2.52. The Hall–Kier alpha value is -1.80. The van der Waals surface area contributed by atoms with Crippen LogP contribution in [0.3, 0.4) is 0 Å². The maximum atomic E-state index is 12.1. The number of halogens is 3. The summed E-state index contributed by atoms with van der Waals surface area (Å²) >= 11 is 0. The largest absolute Gasteiger partial charge is 0.573 e. The zero-order valence-corrected chi connectivity index (χ0v) is 11.1. The van der Waals surface area contributed by atoms with E-state index in [-0.39, 0.29) is 12.3 Å². The van der Waals surface area contributed by atoms with Crippen LogP contribution in [0.25, 0.3) is 0 Å². The number of hydrogen-bond acceptors (Lipinski definition) is 4. The number of ether oxygens (including phenoxy) is 2. The summed E-state index contributed by atoms with van der Waals surface area (Å²) in [5.74, 6) is -1.32. The van der Waals surface area contributed by atoms with Crippen LogP contribution in [-0.4, -0.2) is 36.1 Å². The fourth-order valence-corrected chi connectivity index (χ4v) is 2.15. The van der Waals surface area contributed by atoms with Crippen LogP contribution in [0.1, 0.15) is 18.6 Å². The molecule has 116 valence electrons. The minimum absolute atomic E-state index is 0.265. The van der Waals surface area contributed by atoms with Crippen molar-refractivity contribution < 1.29 is 32.5 Å². The molecule has 0 aromatic heterocycles. The molecule has 3 unspecified atom stereocenters. The van der Waals surface area contributed by atoms with Gasteiger partial charge in [0.1, 0.15) is 11.8 Å². The fourth-order valence-electron chi connectivity index (χ4n) is 2.15. The van der Waals surface area contributed by atoms with Crippen LogP contribution in [0.15, 0.2) is 24.3 Å². The molecule has 2 rings (SSSR count). The van der Waals surface area contributed by atoms with Crippen molar-refractivity contribution >= 4 is 5.97 Å². The summed E-state index contributed by atoms with van der Waals surface area (Å²) in [6.07, 6.45) is -5.70. The van der Waals surface area contributed by atoms with E-state index in [0.717, 1.165) is 0 Å². The zero-order valence-electron chi connectivity index (χ0n) is 11.1. The number of benzene rings is 1. The second-order valence-electron chi connectivity index (χ2n) is 4.67. The third-order valence-electron chi connectivity index (χ3n) is 3.12. The van der Waals surface area contributed by atoms with Crippen molar-refractivity contribution in [2.24, 2.45) is 0 Å². The highest BCUT2D eigenvalue weighted by Crippen LogP contribution is 2.27. The highest BCUT2D eigenvalue weighted by Gasteiger charge is 2.34. The van der Waals surface area contributed by atoms with Crippen molar-refractivity contribution in [2.45, 2.75) is 31.5 Å². The SMILES string of the molecule is CC1OC(c2ccc(OC(F)(F)F)cc2)CNC1C(=O)O. The highest BCUT2D eigenvalue weighted by atomic mass is 19.4. The minimum atomic E-state index is -4.73. The molecular weight excluding hydrogens is 291 g/mol. The third kappa shape index (κ3) is 4.08. The normalized spacial score (nSPS) is 26.4. The quantitative estimate of drug-likeness (QED) is 0.895. The summed E-state index contributed by atoms with van der Waals surface area (Å²) in [5.41, 5.74) is 0.646. The number of aliphatic carboxylic acids is 1. The second-order valence-corrected chi connectivity index (χ2v) is 4.67. The van der Waals surface area contributed by atoms with Crippen LogP contribution in [0.4, 0.5) is 13.2 Å². The van der Waals surface area contributed by atoms with Gasteiger partial charge in [-0.25, -0.2) is 0 Å². The van der Waals surface area contributed by atoms with Crippen molar-refractivity contribution in [1.29, 1.82) is 0 Å². The molecule has 1 heterocycles. The third-order valence-corrected chi connectivity index (χ3v) is 3.12. The molecule has 1 aliphatic heterocycles. The maximum Gasteiger partial charge on any atom is 0.573 e. The smallest absolute Gasteiger partial charge is 0.480 e. The molecule has 0 radical (unpaired) electrons. The van der Waals surface area contributed by atoms with Gasteiger partial charge in [-0.2, -0.15) is 0 Å². The monoisotopic (exact) mass is 305 g/mol. The Bertz CT molecular complexity index is 503. The first-order chi connectivity index (χ1) is 9.76. The van der Waals surface area contributed by atoms with Crippen molar-refractivity contribution in [3.63, 3.8) is 0 Å². The number of hydrogen-bond donors (Lipinski definition) is 2. The van der Waals surface area contributed by atoms with Crippen LogP contribution in [0.2, 0.25) is 0 Å². The van der Waals surface area contributed by atoms with E-state index in [4.69, 9.17) is 9.84 Å². The van der Waals surface area contributed by atoms with Gasteiger partial charge in [0.05, 0.1) is 12.2 Å². The average molecular weight is 305 g/mol. The second kappa shape index (κ2) is 5.90. The lowest BCUT2D eigenvalue weighted by molar-refractivity contribution is -0.274. The van der Waals surface area contributed by atoms with Gasteiger partial charge in [0.15, 0.2) is 0 Å². The van der Waals surface area contributed by atoms with Gasteiger partial charge < -0.3 is 14.6 Å². The van der Waals surface area contributed by atoms with E-state index in [2.05, 4.69) is 10.1 Å². The Morgan fingerprint density at radius 1 is 1.38 bits per heavy atom. The number of morpholine rings is 1. The first-order valence-corrected chi connectivity index (χ1v) is 6.23. The van der Waals surface area contributed by atoms with Gasteiger partial charge >= 0.3 is 12.3 Å². The van der Waals surface area contributed by atoms with E-state index < -0.39 is 30.6 Å². The van der Waals surface area contributed by atoms with Crippen molar-refractivity contribution in [2.75, 3.05) is 6.54 Å². The van der Waals surface area contributed by atoms with E-state index in [9.17, 15) is 18.0 Å². The molecule has 0 amide bonds. The molecule has 8 heteroatoms. The number of carbonyl (C=O) groups is 1. The standard InChI is InChI=1S/C13H14F3NO4/c1-7-11(12(18)19)17-6-10(20-7)8-2-4-9(5-3-8)21-13(14,15)16/h2-5,7,10-11,17H,6H2,1H3,(H,18,19). The number of carboxylic acid groups (broad SMARTS) is 1. The number of carboxylic acids is 1. The van der Waals surface area contributed by atoms with Crippen LogP contribution in [-0.2, 0) is 9.53 Å². The Labute approximate surface area is 118 Å². The first kappa shape index (κ1) is 15.6. The average Bonchev–Trinajstić information content (AvgIpc) is 2.37. The molecule has 21 heavy (non-hydrogen) atoms. The Morgan fingerprint density at radius 3 is 2.48 bits per heavy atom. The van der Waals surface area contributed by atoms with Crippen molar-refractivity contribution in [3.05, 3.63) is 29.8 Å². The highest BCUT2D eigenvalue weighted by molar-refractivity contribution is 5.74. The number of alkyl halides is 3.